The van der Waals surface area contributed by atoms with Crippen LogP contribution >= 0.6 is 23.2 Å². The number of carbonyl (C=O) groups excluding carboxylic acids is 1. The number of carbonyl (C=O) groups is 1. The molecular formula is C27H21Cl2N3O3. The molecule has 8 heteroatoms. The first-order valence-electron chi connectivity index (χ1n) is 10.9. The number of halogens is 2. The Morgan fingerprint density at radius 3 is 2.34 bits per heavy atom. The van der Waals surface area contributed by atoms with E-state index in [0.717, 1.165) is 22.4 Å². The molecule has 6 nitrogen and oxygen atoms in total. The van der Waals surface area contributed by atoms with E-state index in [4.69, 9.17) is 32.6 Å². The number of aromatic nitrogens is 3. The minimum absolute atomic E-state index is 0.0826. The monoisotopic (exact) mass is 505 g/mol. The number of furan rings is 1. The molecule has 5 rings (SSSR count). The van der Waals surface area contributed by atoms with Gasteiger partial charge in [0.15, 0.2) is 5.76 Å². The molecule has 0 spiro atoms. The van der Waals surface area contributed by atoms with Gasteiger partial charge < -0.3 is 9.52 Å². The lowest BCUT2D eigenvalue weighted by Crippen LogP contribution is -2.31. The lowest BCUT2D eigenvalue weighted by molar-refractivity contribution is 0.0460. The summed E-state index contributed by atoms with van der Waals surface area (Å²) in [5, 5.41) is 19.1. The van der Waals surface area contributed by atoms with Gasteiger partial charge >= 0.3 is 0 Å². The Kier molecular flexibility index (Phi) is 5.75. The highest BCUT2D eigenvalue weighted by Gasteiger charge is 2.31. The van der Waals surface area contributed by atoms with Crippen molar-refractivity contribution in [2.45, 2.75) is 26.4 Å². The van der Waals surface area contributed by atoms with Gasteiger partial charge in [0.1, 0.15) is 5.60 Å². The maximum Gasteiger partial charge on any atom is 0.229 e. The van der Waals surface area contributed by atoms with Crippen LogP contribution in [0.3, 0.4) is 0 Å². The quantitative estimate of drug-likeness (QED) is 0.248. The molecular weight excluding hydrogens is 485 g/mol. The van der Waals surface area contributed by atoms with Crippen LogP contribution in [-0.4, -0.2) is 31.7 Å². The van der Waals surface area contributed by atoms with Crippen molar-refractivity contribution >= 4 is 40.1 Å². The van der Waals surface area contributed by atoms with Crippen LogP contribution in [0.25, 0.3) is 44.7 Å². The van der Waals surface area contributed by atoms with Crippen LogP contribution in [0.15, 0.2) is 65.2 Å². The molecule has 0 aliphatic rings. The van der Waals surface area contributed by atoms with Gasteiger partial charge in [-0.1, -0.05) is 47.5 Å². The third-order valence-electron chi connectivity index (χ3n) is 5.87. The number of hydrogen-bond acceptors (Lipinski definition) is 5. The summed E-state index contributed by atoms with van der Waals surface area (Å²) in [6, 6.07) is 16.8. The fraction of sp³-hybridized carbons (Fsp3) is 0.148. The van der Waals surface area contributed by atoms with Gasteiger partial charge in [-0.15, -0.1) is 0 Å². The average Bonchev–Trinajstić information content (AvgIpc) is 3.46. The molecule has 2 aromatic carbocycles. The third-order valence-corrected chi connectivity index (χ3v) is 6.43. The van der Waals surface area contributed by atoms with Crippen LogP contribution in [0.4, 0.5) is 0 Å². The van der Waals surface area contributed by atoms with E-state index >= 15 is 0 Å². The predicted octanol–water partition coefficient (Wildman–Crippen LogP) is 7.12. The predicted molar refractivity (Wildman–Crippen MR) is 138 cm³/mol. The Morgan fingerprint density at radius 2 is 1.71 bits per heavy atom. The van der Waals surface area contributed by atoms with Gasteiger partial charge in [0.2, 0.25) is 11.5 Å². The molecule has 0 bridgehead atoms. The van der Waals surface area contributed by atoms with E-state index in [1.807, 2.05) is 42.5 Å². The fourth-order valence-electron chi connectivity index (χ4n) is 3.98. The van der Waals surface area contributed by atoms with Gasteiger partial charge in [0.25, 0.3) is 0 Å². The molecule has 176 valence electrons. The number of aliphatic hydroxyl groups is 1. The van der Waals surface area contributed by atoms with Crippen molar-refractivity contribution in [3.05, 3.63) is 82.2 Å². The molecule has 0 saturated carbocycles. The molecule has 0 aliphatic carbocycles. The summed E-state index contributed by atoms with van der Waals surface area (Å²) < 4.78 is 5.88. The summed E-state index contributed by atoms with van der Waals surface area (Å²) in [6.07, 6.45) is 1.75. The number of fused-ring (bicyclic) bond motifs is 1. The number of Topliss-reactive ketones (excluding diaryl/α,β-unsaturated/α-hetero) is 1. The van der Waals surface area contributed by atoms with Crippen molar-refractivity contribution < 1.29 is 14.3 Å². The number of pyridine rings is 1. The first kappa shape index (κ1) is 23.3. The molecule has 0 aliphatic heterocycles. The topological polar surface area (TPSA) is 92.0 Å². The number of aryl methyl sites for hydroxylation is 1. The van der Waals surface area contributed by atoms with Crippen LogP contribution in [-0.2, 0) is 0 Å². The van der Waals surface area contributed by atoms with Crippen molar-refractivity contribution in [1.82, 2.24) is 15.2 Å². The normalized spacial score (nSPS) is 11.8. The summed E-state index contributed by atoms with van der Waals surface area (Å²) in [5.74, 6) is -0.428. The van der Waals surface area contributed by atoms with E-state index in [-0.39, 0.29) is 11.5 Å². The standard InChI is InChI=1S/C27H21Cl2N3O3/c1-14-19-13-20(15-4-7-17(28)8-5-15)23(31-26(19)35-24(14)25(33)27(2,3)34)18-9-6-16(12-21(18)29)22-10-11-30-32-22/h4-13,34H,1-3H3,(H,30,32). The zero-order chi connectivity index (χ0) is 24.9. The SMILES string of the molecule is Cc1c(C(=O)C(C)(C)O)oc2nc(-c3ccc(-c4cc[nH]n4)cc3Cl)c(-c3ccc(Cl)cc3)cc12. The first-order valence-corrected chi connectivity index (χ1v) is 11.7. The Labute approximate surface area is 211 Å². The van der Waals surface area contributed by atoms with Crippen LogP contribution in [0, 0.1) is 6.92 Å². The van der Waals surface area contributed by atoms with E-state index < -0.39 is 11.4 Å². The zero-order valence-corrected chi connectivity index (χ0v) is 20.7. The summed E-state index contributed by atoms with van der Waals surface area (Å²) >= 11 is 12.9. The van der Waals surface area contributed by atoms with E-state index in [2.05, 4.69) is 10.2 Å². The van der Waals surface area contributed by atoms with Gasteiger partial charge in [-0.25, -0.2) is 4.98 Å². The second-order valence-electron chi connectivity index (χ2n) is 8.84. The van der Waals surface area contributed by atoms with Crippen LogP contribution in [0.2, 0.25) is 10.0 Å². The van der Waals surface area contributed by atoms with Gasteiger partial charge in [0.05, 0.1) is 16.4 Å². The van der Waals surface area contributed by atoms with E-state index in [0.29, 0.717) is 32.3 Å². The number of hydrogen-bond donors (Lipinski definition) is 2. The maximum absolute atomic E-state index is 12.8. The Bertz CT molecular complexity index is 1560. The van der Waals surface area contributed by atoms with Gasteiger partial charge in [-0.05, 0) is 56.7 Å². The van der Waals surface area contributed by atoms with Crippen LogP contribution in [0.1, 0.15) is 30.0 Å². The number of H-pyrrole nitrogens is 1. The van der Waals surface area contributed by atoms with Gasteiger partial charge in [0, 0.05) is 38.9 Å². The molecule has 5 aromatic rings. The molecule has 0 fully saturated rings. The molecule has 0 amide bonds. The number of rotatable bonds is 5. The van der Waals surface area contributed by atoms with Crippen molar-refractivity contribution in [2.75, 3.05) is 0 Å². The Morgan fingerprint density at radius 1 is 1.00 bits per heavy atom. The van der Waals surface area contributed by atoms with Crippen LogP contribution < -0.4 is 0 Å². The largest absolute Gasteiger partial charge is 0.434 e. The highest BCUT2D eigenvalue weighted by molar-refractivity contribution is 6.34. The number of nitrogens with zero attached hydrogens (tertiary/aromatic N) is 2. The highest BCUT2D eigenvalue weighted by Crippen LogP contribution is 2.40. The number of aromatic amines is 1. The second kappa shape index (κ2) is 8.64. The lowest BCUT2D eigenvalue weighted by atomic mass is 9.95. The number of ketones is 1. The van der Waals surface area contributed by atoms with Crippen molar-refractivity contribution in [1.29, 1.82) is 0 Å². The van der Waals surface area contributed by atoms with E-state index in [1.165, 1.54) is 13.8 Å². The summed E-state index contributed by atoms with van der Waals surface area (Å²) in [6.45, 7) is 4.64. The van der Waals surface area contributed by atoms with Gasteiger partial charge in [-0.2, -0.15) is 5.10 Å². The third kappa shape index (κ3) is 4.25. The summed E-state index contributed by atoms with van der Waals surface area (Å²) in [7, 11) is 0. The summed E-state index contributed by atoms with van der Waals surface area (Å²) in [4.78, 5) is 17.6. The molecule has 0 atom stereocenters. The van der Waals surface area contributed by atoms with Crippen molar-refractivity contribution in [2.24, 2.45) is 0 Å². The number of nitrogens with one attached hydrogen (secondary N) is 1. The average molecular weight is 506 g/mol. The minimum atomic E-state index is -1.58. The van der Waals surface area contributed by atoms with Crippen LogP contribution in [0.5, 0.6) is 0 Å². The maximum atomic E-state index is 12.8. The van der Waals surface area contributed by atoms with E-state index in [1.54, 1.807) is 25.3 Å². The molecule has 35 heavy (non-hydrogen) atoms. The van der Waals surface area contributed by atoms with E-state index in [9.17, 15) is 9.90 Å². The smallest absolute Gasteiger partial charge is 0.229 e. The zero-order valence-electron chi connectivity index (χ0n) is 19.2. The molecule has 3 heterocycles. The molecule has 0 saturated heterocycles. The second-order valence-corrected chi connectivity index (χ2v) is 9.69. The van der Waals surface area contributed by atoms with Gasteiger partial charge in [-0.3, -0.25) is 9.89 Å². The molecule has 0 unspecified atom stereocenters. The number of benzene rings is 2. The fourth-order valence-corrected chi connectivity index (χ4v) is 4.37. The molecule has 3 aromatic heterocycles. The first-order chi connectivity index (χ1) is 16.6. The lowest BCUT2D eigenvalue weighted by Gasteiger charge is -2.13. The Balaban J connectivity index is 1.75. The summed E-state index contributed by atoms with van der Waals surface area (Å²) in [5.41, 5.74) is 3.92. The van der Waals surface area contributed by atoms with Crippen molar-refractivity contribution in [3.63, 3.8) is 0 Å². The highest BCUT2D eigenvalue weighted by atomic mass is 35.5. The minimum Gasteiger partial charge on any atom is -0.434 e. The Hall–Kier alpha value is -3.45. The molecule has 2 N–H and O–H groups in total. The molecule has 0 radical (unpaired) electrons. The van der Waals surface area contributed by atoms with Crippen molar-refractivity contribution in [3.8, 4) is 33.6 Å².